The Bertz CT molecular complexity index is 737. The molecule has 0 bridgehead atoms. The summed E-state index contributed by atoms with van der Waals surface area (Å²) < 4.78 is 22.3. The van der Waals surface area contributed by atoms with E-state index in [1.807, 2.05) is 44.2 Å². The van der Waals surface area contributed by atoms with Crippen LogP contribution < -0.4 is 14.2 Å². The van der Waals surface area contributed by atoms with E-state index in [1.165, 1.54) is 7.11 Å². The maximum atomic E-state index is 11.6. The van der Waals surface area contributed by atoms with Crippen LogP contribution in [-0.2, 0) is 22.6 Å². The number of rotatable bonds is 5. The highest BCUT2D eigenvalue weighted by molar-refractivity contribution is 5.73. The van der Waals surface area contributed by atoms with Gasteiger partial charge in [0.2, 0.25) is 11.5 Å². The molecule has 24 heavy (non-hydrogen) atoms. The molecule has 1 heterocycles. The molecule has 3 rings (SSSR count). The minimum atomic E-state index is -0.767. The zero-order valence-corrected chi connectivity index (χ0v) is 14.0. The van der Waals surface area contributed by atoms with Gasteiger partial charge in [-0.2, -0.15) is 0 Å². The number of methoxy groups -OCH3 is 1. The van der Waals surface area contributed by atoms with E-state index < -0.39 is 5.79 Å². The van der Waals surface area contributed by atoms with Crippen molar-refractivity contribution in [3.8, 4) is 17.2 Å². The number of hydrogen-bond donors (Lipinski definition) is 0. The van der Waals surface area contributed by atoms with Gasteiger partial charge in [-0.05, 0) is 23.3 Å². The van der Waals surface area contributed by atoms with Crippen molar-refractivity contribution in [3.63, 3.8) is 0 Å². The maximum Gasteiger partial charge on any atom is 0.309 e. The van der Waals surface area contributed by atoms with Gasteiger partial charge in [0.1, 0.15) is 6.61 Å². The largest absolute Gasteiger partial charge is 0.485 e. The summed E-state index contributed by atoms with van der Waals surface area (Å²) in [5.41, 5.74) is 1.80. The Morgan fingerprint density at radius 2 is 1.83 bits per heavy atom. The number of carbonyl (C=O) groups is 1. The Balaban J connectivity index is 1.87. The van der Waals surface area contributed by atoms with Gasteiger partial charge < -0.3 is 18.9 Å². The summed E-state index contributed by atoms with van der Waals surface area (Å²) in [5, 5.41) is 0. The van der Waals surface area contributed by atoms with Crippen LogP contribution in [0.25, 0.3) is 0 Å². The molecule has 0 aromatic heterocycles. The van der Waals surface area contributed by atoms with Crippen LogP contribution in [0.3, 0.4) is 0 Å². The van der Waals surface area contributed by atoms with Gasteiger partial charge in [0.05, 0.1) is 13.5 Å². The van der Waals surface area contributed by atoms with Gasteiger partial charge in [-0.3, -0.25) is 4.79 Å². The highest BCUT2D eigenvalue weighted by Gasteiger charge is 2.35. The number of hydrogen-bond acceptors (Lipinski definition) is 5. The second-order valence-electron chi connectivity index (χ2n) is 6.05. The van der Waals surface area contributed by atoms with Gasteiger partial charge >= 0.3 is 5.97 Å². The first kappa shape index (κ1) is 16.2. The average Bonchev–Trinajstić information content (AvgIpc) is 2.87. The first-order valence-corrected chi connectivity index (χ1v) is 7.75. The fourth-order valence-electron chi connectivity index (χ4n) is 2.52. The Labute approximate surface area is 141 Å². The molecule has 0 unspecified atom stereocenters. The SMILES string of the molecule is COC(=O)Cc1cc(OCc2ccccc2)c2c(c1)OC(C)(C)O2. The lowest BCUT2D eigenvalue weighted by Crippen LogP contribution is -2.29. The van der Waals surface area contributed by atoms with Crippen LogP contribution in [0.1, 0.15) is 25.0 Å². The zero-order valence-electron chi connectivity index (χ0n) is 14.0. The molecule has 2 aromatic carbocycles. The van der Waals surface area contributed by atoms with E-state index in [4.69, 9.17) is 18.9 Å². The third kappa shape index (κ3) is 3.62. The van der Waals surface area contributed by atoms with E-state index in [2.05, 4.69) is 0 Å². The molecule has 1 aliphatic rings. The molecule has 1 aliphatic heterocycles. The second kappa shape index (κ2) is 6.43. The summed E-state index contributed by atoms with van der Waals surface area (Å²) in [6.07, 6.45) is 0.148. The maximum absolute atomic E-state index is 11.6. The second-order valence-corrected chi connectivity index (χ2v) is 6.05. The molecule has 0 radical (unpaired) electrons. The van der Waals surface area contributed by atoms with Crippen LogP contribution in [0, 0.1) is 0 Å². The number of esters is 1. The monoisotopic (exact) mass is 328 g/mol. The predicted molar refractivity (Wildman–Crippen MR) is 88.3 cm³/mol. The van der Waals surface area contributed by atoms with E-state index in [0.29, 0.717) is 23.9 Å². The minimum Gasteiger partial charge on any atom is -0.485 e. The fourth-order valence-corrected chi connectivity index (χ4v) is 2.52. The van der Waals surface area contributed by atoms with E-state index >= 15 is 0 Å². The van der Waals surface area contributed by atoms with Crippen molar-refractivity contribution in [2.75, 3.05) is 7.11 Å². The number of fused-ring (bicyclic) bond motifs is 1. The Hall–Kier alpha value is -2.69. The highest BCUT2D eigenvalue weighted by atomic mass is 16.7. The van der Waals surface area contributed by atoms with Crippen molar-refractivity contribution >= 4 is 5.97 Å². The average molecular weight is 328 g/mol. The van der Waals surface area contributed by atoms with E-state index in [-0.39, 0.29) is 12.4 Å². The van der Waals surface area contributed by atoms with E-state index in [9.17, 15) is 4.79 Å². The van der Waals surface area contributed by atoms with Crippen molar-refractivity contribution in [1.82, 2.24) is 0 Å². The molecule has 5 heteroatoms. The van der Waals surface area contributed by atoms with Crippen molar-refractivity contribution in [1.29, 1.82) is 0 Å². The molecular formula is C19H20O5. The lowest BCUT2D eigenvalue weighted by molar-refractivity contribution is -0.139. The van der Waals surface area contributed by atoms with Crippen molar-refractivity contribution in [3.05, 3.63) is 53.6 Å². The first-order valence-electron chi connectivity index (χ1n) is 7.75. The smallest absolute Gasteiger partial charge is 0.309 e. The third-order valence-electron chi connectivity index (χ3n) is 3.60. The molecule has 0 amide bonds. The Kier molecular flexibility index (Phi) is 4.34. The van der Waals surface area contributed by atoms with Crippen LogP contribution in [0.5, 0.6) is 17.2 Å². The van der Waals surface area contributed by atoms with Crippen molar-refractivity contribution in [2.45, 2.75) is 32.7 Å². The molecule has 0 spiro atoms. The predicted octanol–water partition coefficient (Wildman–Crippen LogP) is 3.49. The molecule has 0 atom stereocenters. The molecule has 0 N–H and O–H groups in total. The van der Waals surface area contributed by atoms with Gasteiger partial charge in [0.15, 0.2) is 11.5 Å². The van der Waals surface area contributed by atoms with Crippen LogP contribution >= 0.6 is 0 Å². The molecule has 2 aromatic rings. The lowest BCUT2D eigenvalue weighted by Gasteiger charge is -2.16. The summed E-state index contributed by atoms with van der Waals surface area (Å²) in [7, 11) is 1.37. The van der Waals surface area contributed by atoms with E-state index in [0.717, 1.165) is 11.1 Å². The number of carbonyl (C=O) groups excluding carboxylic acids is 1. The topological polar surface area (TPSA) is 54.0 Å². The fraction of sp³-hybridized carbons (Fsp3) is 0.316. The highest BCUT2D eigenvalue weighted by Crippen LogP contribution is 2.47. The summed E-state index contributed by atoms with van der Waals surface area (Å²) in [6.45, 7) is 4.06. The molecular weight excluding hydrogens is 308 g/mol. The van der Waals surface area contributed by atoms with Crippen LogP contribution in [0.4, 0.5) is 0 Å². The summed E-state index contributed by atoms with van der Waals surface area (Å²) >= 11 is 0. The molecule has 0 saturated carbocycles. The van der Waals surface area contributed by atoms with E-state index in [1.54, 1.807) is 12.1 Å². The van der Waals surface area contributed by atoms with Gasteiger partial charge in [-0.15, -0.1) is 0 Å². The van der Waals surface area contributed by atoms with Crippen LogP contribution in [0.2, 0.25) is 0 Å². The van der Waals surface area contributed by atoms with Gasteiger partial charge in [0.25, 0.3) is 0 Å². The van der Waals surface area contributed by atoms with Crippen LogP contribution in [0.15, 0.2) is 42.5 Å². The molecule has 5 nitrogen and oxygen atoms in total. The summed E-state index contributed by atoms with van der Waals surface area (Å²) in [4.78, 5) is 11.6. The lowest BCUT2D eigenvalue weighted by atomic mass is 10.1. The summed E-state index contributed by atoms with van der Waals surface area (Å²) in [6, 6.07) is 13.4. The Morgan fingerprint density at radius 3 is 2.54 bits per heavy atom. The minimum absolute atomic E-state index is 0.148. The standard InChI is InChI=1S/C19H20O5/c1-19(2)23-16-10-14(11-17(20)21-3)9-15(18(16)24-19)22-12-13-7-5-4-6-8-13/h4-10H,11-12H2,1-3H3. The Morgan fingerprint density at radius 1 is 1.08 bits per heavy atom. The summed E-state index contributed by atoms with van der Waals surface area (Å²) in [5.74, 6) is 0.605. The van der Waals surface area contributed by atoms with Gasteiger partial charge in [-0.1, -0.05) is 30.3 Å². The molecule has 0 fully saturated rings. The molecule has 0 saturated heterocycles. The number of ether oxygens (including phenoxy) is 4. The normalized spacial score (nSPS) is 14.3. The third-order valence-corrected chi connectivity index (χ3v) is 3.60. The molecule has 0 aliphatic carbocycles. The van der Waals surface area contributed by atoms with Crippen molar-refractivity contribution in [2.24, 2.45) is 0 Å². The van der Waals surface area contributed by atoms with Crippen molar-refractivity contribution < 1.29 is 23.7 Å². The van der Waals surface area contributed by atoms with Gasteiger partial charge in [0, 0.05) is 13.8 Å². The molecule has 126 valence electrons. The van der Waals surface area contributed by atoms with Crippen LogP contribution in [-0.4, -0.2) is 18.9 Å². The number of benzene rings is 2. The quantitative estimate of drug-likeness (QED) is 0.787. The zero-order chi connectivity index (χ0) is 17.2. The first-order chi connectivity index (χ1) is 11.5. The van der Waals surface area contributed by atoms with Gasteiger partial charge in [-0.25, -0.2) is 0 Å².